The predicted molar refractivity (Wildman–Crippen MR) is 67.5 cm³/mol. The molecule has 3 nitrogen and oxygen atoms in total. The molecule has 1 heterocycles. The van der Waals surface area contributed by atoms with Crippen LogP contribution >= 0.6 is 0 Å². The lowest BCUT2D eigenvalue weighted by atomic mass is 10.2. The first-order valence-corrected chi connectivity index (χ1v) is 5.49. The zero-order valence-electron chi connectivity index (χ0n) is 9.46. The Hall–Kier alpha value is -2.29. The molecule has 17 heavy (non-hydrogen) atoms. The number of aromatic nitrogens is 2. The van der Waals surface area contributed by atoms with Gasteiger partial charge in [0, 0.05) is 6.07 Å². The van der Waals surface area contributed by atoms with Crippen LogP contribution in [-0.4, -0.2) is 14.7 Å². The van der Waals surface area contributed by atoms with Crippen molar-refractivity contribution in [2.75, 3.05) is 0 Å². The number of benzene rings is 2. The number of hydrogen-bond donors (Lipinski definition) is 1. The number of aromatic hydroxyl groups is 1. The van der Waals surface area contributed by atoms with Gasteiger partial charge in [0.25, 0.3) is 0 Å². The van der Waals surface area contributed by atoms with Gasteiger partial charge in [-0.1, -0.05) is 18.2 Å². The second-order valence-electron chi connectivity index (χ2n) is 4.00. The SMILES string of the molecule is Cc1nc2ccccc2n1-c1cccc(O)c1. The van der Waals surface area contributed by atoms with E-state index in [2.05, 4.69) is 4.98 Å². The van der Waals surface area contributed by atoms with Gasteiger partial charge in [-0.05, 0) is 31.2 Å². The first-order chi connectivity index (χ1) is 8.25. The third kappa shape index (κ3) is 1.56. The normalized spacial score (nSPS) is 10.9. The first-order valence-electron chi connectivity index (χ1n) is 5.49. The zero-order chi connectivity index (χ0) is 11.8. The van der Waals surface area contributed by atoms with Crippen LogP contribution in [0.15, 0.2) is 48.5 Å². The van der Waals surface area contributed by atoms with Crippen LogP contribution in [0.4, 0.5) is 0 Å². The van der Waals surface area contributed by atoms with Crippen LogP contribution in [0.5, 0.6) is 5.75 Å². The van der Waals surface area contributed by atoms with Gasteiger partial charge in [0.1, 0.15) is 11.6 Å². The van der Waals surface area contributed by atoms with Gasteiger partial charge in [-0.15, -0.1) is 0 Å². The second kappa shape index (κ2) is 3.63. The number of rotatable bonds is 1. The van der Waals surface area contributed by atoms with Gasteiger partial charge in [-0.25, -0.2) is 4.98 Å². The Morgan fingerprint density at radius 3 is 2.71 bits per heavy atom. The van der Waals surface area contributed by atoms with Gasteiger partial charge >= 0.3 is 0 Å². The van der Waals surface area contributed by atoms with Crippen molar-refractivity contribution in [3.05, 3.63) is 54.4 Å². The molecule has 3 aromatic rings. The van der Waals surface area contributed by atoms with Crippen LogP contribution in [0.2, 0.25) is 0 Å². The molecule has 84 valence electrons. The summed E-state index contributed by atoms with van der Waals surface area (Å²) in [6, 6.07) is 15.2. The summed E-state index contributed by atoms with van der Waals surface area (Å²) in [7, 11) is 0. The molecule has 3 heteroatoms. The maximum atomic E-state index is 9.54. The Bertz CT molecular complexity index is 686. The average molecular weight is 224 g/mol. The largest absolute Gasteiger partial charge is 0.508 e. The van der Waals surface area contributed by atoms with Gasteiger partial charge < -0.3 is 5.11 Å². The summed E-state index contributed by atoms with van der Waals surface area (Å²) in [6.07, 6.45) is 0. The number of phenols is 1. The van der Waals surface area contributed by atoms with Crippen molar-refractivity contribution in [2.24, 2.45) is 0 Å². The van der Waals surface area contributed by atoms with Gasteiger partial charge in [0.15, 0.2) is 0 Å². The van der Waals surface area contributed by atoms with E-state index in [0.29, 0.717) is 0 Å². The summed E-state index contributed by atoms with van der Waals surface area (Å²) in [4.78, 5) is 4.50. The Labute approximate surface area is 99.0 Å². The van der Waals surface area contributed by atoms with E-state index in [4.69, 9.17) is 0 Å². The molecule has 1 N–H and O–H groups in total. The molecule has 0 amide bonds. The number of aryl methyl sites for hydroxylation is 1. The van der Waals surface area contributed by atoms with E-state index in [1.807, 2.05) is 47.9 Å². The summed E-state index contributed by atoms with van der Waals surface area (Å²) in [6.45, 7) is 1.96. The van der Waals surface area contributed by atoms with Gasteiger partial charge in [0.2, 0.25) is 0 Å². The van der Waals surface area contributed by atoms with Crippen LogP contribution in [0.25, 0.3) is 16.7 Å². The molecule has 2 aromatic carbocycles. The highest BCUT2D eigenvalue weighted by Gasteiger charge is 2.08. The number of para-hydroxylation sites is 2. The van der Waals surface area contributed by atoms with Crippen molar-refractivity contribution in [1.29, 1.82) is 0 Å². The summed E-state index contributed by atoms with van der Waals surface area (Å²) >= 11 is 0. The maximum Gasteiger partial charge on any atom is 0.117 e. The highest BCUT2D eigenvalue weighted by molar-refractivity contribution is 5.78. The second-order valence-corrected chi connectivity index (χ2v) is 4.00. The summed E-state index contributed by atoms with van der Waals surface area (Å²) in [5, 5.41) is 9.54. The average Bonchev–Trinajstić information content (AvgIpc) is 2.64. The van der Waals surface area contributed by atoms with Crippen molar-refractivity contribution in [2.45, 2.75) is 6.92 Å². The van der Waals surface area contributed by atoms with E-state index in [0.717, 1.165) is 22.5 Å². The number of fused-ring (bicyclic) bond motifs is 1. The molecule has 0 fully saturated rings. The third-order valence-corrected chi connectivity index (χ3v) is 2.82. The lowest BCUT2D eigenvalue weighted by Crippen LogP contribution is -1.96. The van der Waals surface area contributed by atoms with Crippen molar-refractivity contribution in [1.82, 2.24) is 9.55 Å². The molecule has 0 unspecified atom stereocenters. The maximum absolute atomic E-state index is 9.54. The topological polar surface area (TPSA) is 38.0 Å². The Kier molecular flexibility index (Phi) is 2.11. The zero-order valence-corrected chi connectivity index (χ0v) is 9.46. The van der Waals surface area contributed by atoms with Gasteiger partial charge in [-0.3, -0.25) is 4.57 Å². The Morgan fingerprint density at radius 2 is 1.88 bits per heavy atom. The van der Waals surface area contributed by atoms with Gasteiger partial charge in [-0.2, -0.15) is 0 Å². The molecular weight excluding hydrogens is 212 g/mol. The highest BCUT2D eigenvalue weighted by atomic mass is 16.3. The smallest absolute Gasteiger partial charge is 0.117 e. The molecule has 0 spiro atoms. The fraction of sp³-hybridized carbons (Fsp3) is 0.0714. The lowest BCUT2D eigenvalue weighted by Gasteiger charge is -2.06. The van der Waals surface area contributed by atoms with E-state index in [9.17, 15) is 5.11 Å². The molecule has 0 atom stereocenters. The minimum Gasteiger partial charge on any atom is -0.508 e. The fourth-order valence-corrected chi connectivity index (χ4v) is 2.10. The van der Waals surface area contributed by atoms with Crippen LogP contribution in [0.1, 0.15) is 5.82 Å². The summed E-state index contributed by atoms with van der Waals surface area (Å²) < 4.78 is 2.04. The molecule has 0 saturated carbocycles. The van der Waals surface area contributed by atoms with Crippen molar-refractivity contribution in [3.63, 3.8) is 0 Å². The molecule has 0 radical (unpaired) electrons. The molecule has 3 rings (SSSR count). The number of phenolic OH excluding ortho intramolecular Hbond substituents is 1. The molecule has 1 aromatic heterocycles. The van der Waals surface area contributed by atoms with Crippen molar-refractivity contribution < 1.29 is 5.11 Å². The standard InChI is InChI=1S/C14H12N2O/c1-10-15-13-7-2-3-8-14(13)16(10)11-5-4-6-12(17)9-11/h2-9,17H,1H3. The van der Waals surface area contributed by atoms with Crippen molar-refractivity contribution >= 4 is 11.0 Å². The number of imidazole rings is 1. The molecule has 0 aliphatic rings. The van der Waals surface area contributed by atoms with Gasteiger partial charge in [0.05, 0.1) is 16.7 Å². The van der Waals surface area contributed by atoms with E-state index < -0.39 is 0 Å². The monoisotopic (exact) mass is 224 g/mol. The Balaban J connectivity index is 2.33. The quantitative estimate of drug-likeness (QED) is 0.690. The Morgan fingerprint density at radius 1 is 1.06 bits per heavy atom. The van der Waals surface area contributed by atoms with Crippen LogP contribution in [0, 0.1) is 6.92 Å². The lowest BCUT2D eigenvalue weighted by molar-refractivity contribution is 0.475. The molecule has 0 saturated heterocycles. The highest BCUT2D eigenvalue weighted by Crippen LogP contribution is 2.23. The number of nitrogens with zero attached hydrogens (tertiary/aromatic N) is 2. The van der Waals surface area contributed by atoms with E-state index in [-0.39, 0.29) is 5.75 Å². The van der Waals surface area contributed by atoms with E-state index in [1.165, 1.54) is 0 Å². The van der Waals surface area contributed by atoms with Crippen molar-refractivity contribution in [3.8, 4) is 11.4 Å². The minimum absolute atomic E-state index is 0.264. The number of hydrogen-bond acceptors (Lipinski definition) is 2. The summed E-state index contributed by atoms with van der Waals surface area (Å²) in [5.74, 6) is 1.18. The first kappa shape index (κ1) is 9.90. The third-order valence-electron chi connectivity index (χ3n) is 2.82. The van der Waals surface area contributed by atoms with Crippen LogP contribution in [0.3, 0.4) is 0 Å². The predicted octanol–water partition coefficient (Wildman–Crippen LogP) is 3.04. The minimum atomic E-state index is 0.264. The van der Waals surface area contributed by atoms with E-state index >= 15 is 0 Å². The van der Waals surface area contributed by atoms with E-state index in [1.54, 1.807) is 12.1 Å². The van der Waals surface area contributed by atoms with Crippen LogP contribution < -0.4 is 0 Å². The van der Waals surface area contributed by atoms with Crippen LogP contribution in [-0.2, 0) is 0 Å². The molecule has 0 bridgehead atoms. The summed E-state index contributed by atoms with van der Waals surface area (Å²) in [5.41, 5.74) is 2.94. The molecule has 0 aliphatic heterocycles. The molecular formula is C14H12N2O. The molecule has 0 aliphatic carbocycles. The fourth-order valence-electron chi connectivity index (χ4n) is 2.10.